The number of fused-ring (bicyclic) bond motifs is 1. The van der Waals surface area contributed by atoms with Gasteiger partial charge in [0, 0.05) is 29.6 Å². The number of ether oxygens (including phenoxy) is 1. The maximum absolute atomic E-state index is 11.8. The summed E-state index contributed by atoms with van der Waals surface area (Å²) in [6.45, 7) is 3.09. The van der Waals surface area contributed by atoms with E-state index in [1.54, 1.807) is 29.4 Å². The Balaban J connectivity index is 0.00000208. The Bertz CT molecular complexity index is 738. The first-order valence-electron chi connectivity index (χ1n) is 7.52. The summed E-state index contributed by atoms with van der Waals surface area (Å²) < 4.78 is 5.65. The van der Waals surface area contributed by atoms with Gasteiger partial charge in [0.15, 0.2) is 17.5 Å². The largest absolute Gasteiger partial charge is 0.481 e. The highest BCUT2D eigenvalue weighted by molar-refractivity contribution is 8.93. The van der Waals surface area contributed by atoms with Crippen LogP contribution in [0, 0.1) is 0 Å². The van der Waals surface area contributed by atoms with E-state index in [4.69, 9.17) is 16.3 Å². The molecule has 1 N–H and O–H groups in total. The lowest BCUT2D eigenvalue weighted by Gasteiger charge is -2.27. The number of carbonyl (C=O) groups excluding carboxylic acids is 1. The Morgan fingerprint density at radius 3 is 3.00 bits per heavy atom. The van der Waals surface area contributed by atoms with E-state index in [2.05, 4.69) is 17.2 Å². The number of benzene rings is 1. The fraction of sp³-hybridized carbons (Fsp3) is 0.375. The average Bonchev–Trinajstić information content (AvgIpc) is 3.00. The Labute approximate surface area is 160 Å². The van der Waals surface area contributed by atoms with Crippen LogP contribution in [-0.4, -0.2) is 31.1 Å². The van der Waals surface area contributed by atoms with Crippen LogP contribution in [0.5, 0.6) is 5.75 Å². The molecule has 0 atom stereocenters. The third kappa shape index (κ3) is 3.84. The van der Waals surface area contributed by atoms with Crippen LogP contribution in [0.4, 0.5) is 10.8 Å². The SMILES string of the molecule is Br.CCCCNc1nc(-c2cc(Cl)cc3c2OCC(=O)N3C)cs1. The number of hydrogen-bond donors (Lipinski definition) is 1. The second kappa shape index (κ2) is 8.18. The Kier molecular flexibility index (Phi) is 6.48. The first kappa shape index (κ1) is 19.0. The smallest absolute Gasteiger partial charge is 0.264 e. The van der Waals surface area contributed by atoms with Crippen molar-refractivity contribution in [1.29, 1.82) is 0 Å². The number of halogens is 2. The van der Waals surface area contributed by atoms with Gasteiger partial charge in [0.1, 0.15) is 0 Å². The minimum atomic E-state index is -0.0917. The van der Waals surface area contributed by atoms with Gasteiger partial charge in [0.2, 0.25) is 0 Å². The first-order valence-corrected chi connectivity index (χ1v) is 8.78. The third-order valence-electron chi connectivity index (χ3n) is 3.70. The van der Waals surface area contributed by atoms with E-state index in [1.165, 1.54) is 0 Å². The van der Waals surface area contributed by atoms with E-state index in [1.807, 2.05) is 11.4 Å². The minimum absolute atomic E-state index is 0. The molecule has 0 aliphatic carbocycles. The summed E-state index contributed by atoms with van der Waals surface area (Å²) in [5, 5.41) is 6.72. The predicted molar refractivity (Wildman–Crippen MR) is 105 cm³/mol. The molecule has 0 bridgehead atoms. The van der Waals surface area contributed by atoms with Gasteiger partial charge in [0.05, 0.1) is 11.4 Å². The fourth-order valence-corrected chi connectivity index (χ4v) is 3.34. The van der Waals surface area contributed by atoms with E-state index >= 15 is 0 Å². The fourth-order valence-electron chi connectivity index (χ4n) is 2.39. The lowest BCUT2D eigenvalue weighted by molar-refractivity contribution is -0.120. The highest BCUT2D eigenvalue weighted by atomic mass is 79.9. The summed E-state index contributed by atoms with van der Waals surface area (Å²) in [4.78, 5) is 18.0. The molecule has 0 saturated heterocycles. The standard InChI is InChI=1S/C16H18ClN3O2S.BrH/c1-3-4-5-18-16-19-12(9-23-16)11-6-10(17)7-13-15(11)22-8-14(21)20(13)2;/h6-7,9H,3-5,8H2,1-2H3,(H,18,19);1H. The molecule has 5 nitrogen and oxygen atoms in total. The van der Waals surface area contributed by atoms with E-state index in [-0.39, 0.29) is 29.5 Å². The molecule has 3 rings (SSSR count). The van der Waals surface area contributed by atoms with Crippen LogP contribution in [0.2, 0.25) is 5.02 Å². The molecule has 8 heteroatoms. The molecule has 24 heavy (non-hydrogen) atoms. The molecule has 0 fully saturated rings. The molecule has 130 valence electrons. The molecule has 1 aromatic heterocycles. The van der Waals surface area contributed by atoms with Crippen molar-refractivity contribution in [3.05, 3.63) is 22.5 Å². The van der Waals surface area contributed by atoms with Crippen LogP contribution in [0.3, 0.4) is 0 Å². The van der Waals surface area contributed by atoms with Crippen molar-refractivity contribution < 1.29 is 9.53 Å². The van der Waals surface area contributed by atoms with E-state index in [9.17, 15) is 4.79 Å². The van der Waals surface area contributed by atoms with Gasteiger partial charge in [-0.2, -0.15) is 0 Å². The van der Waals surface area contributed by atoms with Crippen LogP contribution >= 0.6 is 39.9 Å². The maximum Gasteiger partial charge on any atom is 0.264 e. The third-order valence-corrected chi connectivity index (χ3v) is 4.71. The van der Waals surface area contributed by atoms with Gasteiger partial charge < -0.3 is 15.0 Å². The Morgan fingerprint density at radius 2 is 2.25 bits per heavy atom. The van der Waals surface area contributed by atoms with Gasteiger partial charge in [-0.3, -0.25) is 4.79 Å². The van der Waals surface area contributed by atoms with Crippen molar-refractivity contribution >= 4 is 56.6 Å². The van der Waals surface area contributed by atoms with Gasteiger partial charge in [-0.25, -0.2) is 4.98 Å². The number of anilines is 2. The topological polar surface area (TPSA) is 54.5 Å². The van der Waals surface area contributed by atoms with E-state index < -0.39 is 0 Å². The maximum atomic E-state index is 11.8. The number of nitrogens with zero attached hydrogens (tertiary/aromatic N) is 2. The first-order chi connectivity index (χ1) is 11.1. The minimum Gasteiger partial charge on any atom is -0.481 e. The van der Waals surface area contributed by atoms with Gasteiger partial charge >= 0.3 is 0 Å². The van der Waals surface area contributed by atoms with Crippen molar-refractivity contribution in [1.82, 2.24) is 4.98 Å². The monoisotopic (exact) mass is 431 g/mol. The molecule has 1 aliphatic heterocycles. The molecule has 0 unspecified atom stereocenters. The van der Waals surface area contributed by atoms with Crippen molar-refractivity contribution in [3.8, 4) is 17.0 Å². The number of nitrogens with one attached hydrogen (secondary N) is 1. The molecule has 0 spiro atoms. The highest BCUT2D eigenvalue weighted by Crippen LogP contribution is 2.43. The lowest BCUT2D eigenvalue weighted by Crippen LogP contribution is -2.35. The summed E-state index contributed by atoms with van der Waals surface area (Å²) in [6, 6.07) is 3.57. The van der Waals surface area contributed by atoms with E-state index in [0.29, 0.717) is 16.5 Å². The summed E-state index contributed by atoms with van der Waals surface area (Å²) in [7, 11) is 1.72. The van der Waals surface area contributed by atoms with Gasteiger partial charge in [-0.05, 0) is 18.6 Å². The average molecular weight is 433 g/mol. The van der Waals surface area contributed by atoms with Crippen LogP contribution in [0.15, 0.2) is 17.5 Å². The molecule has 1 aromatic carbocycles. The summed E-state index contributed by atoms with van der Waals surface area (Å²) >= 11 is 7.77. The zero-order valence-electron chi connectivity index (χ0n) is 13.5. The van der Waals surface area contributed by atoms with Crippen LogP contribution in [-0.2, 0) is 4.79 Å². The number of thiazole rings is 1. The van der Waals surface area contributed by atoms with Gasteiger partial charge in [-0.15, -0.1) is 28.3 Å². The predicted octanol–water partition coefficient (Wildman–Crippen LogP) is 4.61. The van der Waals surface area contributed by atoms with Crippen molar-refractivity contribution in [2.45, 2.75) is 19.8 Å². The lowest BCUT2D eigenvalue weighted by atomic mass is 10.1. The molecule has 2 heterocycles. The number of aromatic nitrogens is 1. The van der Waals surface area contributed by atoms with Gasteiger partial charge in [0.25, 0.3) is 5.91 Å². The van der Waals surface area contributed by atoms with Crippen LogP contribution in [0.1, 0.15) is 19.8 Å². The number of rotatable bonds is 5. The summed E-state index contributed by atoms with van der Waals surface area (Å²) in [5.41, 5.74) is 2.29. The Hall–Kier alpha value is -1.31. The second-order valence-electron chi connectivity index (χ2n) is 5.36. The normalized spacial score (nSPS) is 13.1. The molecule has 0 saturated carbocycles. The molecule has 1 amide bonds. The number of carbonyl (C=O) groups is 1. The molecule has 1 aliphatic rings. The summed E-state index contributed by atoms with van der Waals surface area (Å²) in [6.07, 6.45) is 2.25. The zero-order chi connectivity index (χ0) is 16.4. The van der Waals surface area contributed by atoms with Crippen LogP contribution < -0.4 is 15.0 Å². The number of likely N-dealkylation sites (N-methyl/N-ethyl adjacent to an activating group) is 1. The molecule has 0 radical (unpaired) electrons. The molecular weight excluding hydrogens is 414 g/mol. The van der Waals surface area contributed by atoms with Crippen LogP contribution in [0.25, 0.3) is 11.3 Å². The Morgan fingerprint density at radius 1 is 1.46 bits per heavy atom. The number of amides is 1. The number of unbranched alkanes of at least 4 members (excludes halogenated alkanes) is 1. The summed E-state index contributed by atoms with van der Waals surface area (Å²) in [5.74, 6) is 0.563. The van der Waals surface area contributed by atoms with Crippen molar-refractivity contribution in [3.63, 3.8) is 0 Å². The number of hydrogen-bond acceptors (Lipinski definition) is 5. The van der Waals surface area contributed by atoms with Crippen molar-refractivity contribution in [2.24, 2.45) is 0 Å². The highest BCUT2D eigenvalue weighted by Gasteiger charge is 2.26. The quantitative estimate of drug-likeness (QED) is 0.701. The van der Waals surface area contributed by atoms with Gasteiger partial charge in [-0.1, -0.05) is 24.9 Å². The zero-order valence-corrected chi connectivity index (χ0v) is 16.8. The second-order valence-corrected chi connectivity index (χ2v) is 6.66. The molecule has 2 aromatic rings. The van der Waals surface area contributed by atoms with Crippen molar-refractivity contribution in [2.75, 3.05) is 30.4 Å². The van der Waals surface area contributed by atoms with E-state index in [0.717, 1.165) is 35.8 Å². The molecular formula is C16H19BrClN3O2S.